The van der Waals surface area contributed by atoms with Crippen molar-refractivity contribution in [1.29, 1.82) is 0 Å². The molecular formula is C31H36IN3O7. The molecule has 2 aromatic carbocycles. The second-order valence-electron chi connectivity index (χ2n) is 10.7. The third-order valence-corrected chi connectivity index (χ3v) is 8.56. The summed E-state index contributed by atoms with van der Waals surface area (Å²) in [6.07, 6.45) is 1.77. The highest BCUT2D eigenvalue weighted by atomic mass is 127. The Labute approximate surface area is 257 Å². The van der Waals surface area contributed by atoms with Gasteiger partial charge in [0.05, 0.1) is 29.9 Å². The van der Waals surface area contributed by atoms with Crippen molar-refractivity contribution >= 4 is 45.3 Å². The topological polar surface area (TPSA) is 144 Å². The summed E-state index contributed by atoms with van der Waals surface area (Å²) in [7, 11) is 1.49. The van der Waals surface area contributed by atoms with Crippen molar-refractivity contribution in [2.45, 2.75) is 50.5 Å². The van der Waals surface area contributed by atoms with Crippen LogP contribution in [0.15, 0.2) is 54.1 Å². The summed E-state index contributed by atoms with van der Waals surface area (Å²) in [5, 5.41) is 34.4. The van der Waals surface area contributed by atoms with Crippen molar-refractivity contribution < 1.29 is 34.4 Å². The predicted octanol–water partition coefficient (Wildman–Crippen LogP) is 2.67. The van der Waals surface area contributed by atoms with Crippen LogP contribution >= 0.6 is 22.6 Å². The molecule has 2 aliphatic carbocycles. The molecule has 3 atom stereocenters. The molecule has 0 saturated heterocycles. The Kier molecular flexibility index (Phi) is 9.71. The number of hydrogen-bond donors (Lipinski definition) is 5. The van der Waals surface area contributed by atoms with E-state index in [9.17, 15) is 24.9 Å². The molecule has 2 amide bonds. The van der Waals surface area contributed by atoms with E-state index in [1.54, 1.807) is 23.1 Å². The minimum atomic E-state index is -1.14. The number of fused-ring (bicyclic) bond motifs is 1. The Morgan fingerprint density at radius 2 is 1.95 bits per heavy atom. The molecule has 3 aromatic rings. The van der Waals surface area contributed by atoms with Crippen LogP contribution < -0.4 is 14.8 Å². The largest absolute Gasteiger partial charge is 0.493 e. The number of carbonyl (C=O) groups excluding carboxylic acids is 2. The first kappa shape index (κ1) is 30.3. The van der Waals surface area contributed by atoms with Gasteiger partial charge in [-0.25, -0.2) is 0 Å². The highest BCUT2D eigenvalue weighted by molar-refractivity contribution is 14.1. The van der Waals surface area contributed by atoms with Crippen molar-refractivity contribution in [2.75, 3.05) is 26.8 Å². The van der Waals surface area contributed by atoms with Gasteiger partial charge in [0.15, 0.2) is 11.5 Å². The number of halogens is 1. The van der Waals surface area contributed by atoms with E-state index in [4.69, 9.17) is 9.47 Å². The van der Waals surface area contributed by atoms with E-state index >= 15 is 0 Å². The van der Waals surface area contributed by atoms with E-state index in [-0.39, 0.29) is 43.9 Å². The van der Waals surface area contributed by atoms with Crippen LogP contribution in [-0.2, 0) is 22.6 Å². The standard InChI is InChI=1S/C31H36IN3O7/c1-41-27-13-18(17-37)12-23(32)29(27)42-26-16-21(30(39)33-9-11-36)15-25(28(26)38)35(31(40)19-6-7-19)10-8-22-14-20-4-2-3-5-24(20)34-22/h2-5,12-14,16,19,25-26,28,34,36-38H,6-11,15,17H2,1H3,(H,33,39)/t25-,26+,28+/m1/s1. The van der Waals surface area contributed by atoms with E-state index in [1.165, 1.54) is 7.11 Å². The number of aromatic nitrogens is 1. The first-order chi connectivity index (χ1) is 20.3. The lowest BCUT2D eigenvalue weighted by Gasteiger charge is -2.41. The van der Waals surface area contributed by atoms with Gasteiger partial charge in [-0.3, -0.25) is 9.59 Å². The van der Waals surface area contributed by atoms with Crippen molar-refractivity contribution in [3.63, 3.8) is 0 Å². The highest BCUT2D eigenvalue weighted by Gasteiger charge is 2.44. The molecule has 0 radical (unpaired) electrons. The summed E-state index contributed by atoms with van der Waals surface area (Å²) >= 11 is 2.08. The number of hydrogen-bond acceptors (Lipinski definition) is 7. The molecule has 0 bridgehead atoms. The number of carbonyl (C=O) groups is 2. The molecule has 0 unspecified atom stereocenters. The van der Waals surface area contributed by atoms with Crippen LogP contribution in [0.3, 0.4) is 0 Å². The molecular weight excluding hydrogens is 653 g/mol. The molecule has 11 heteroatoms. The van der Waals surface area contributed by atoms with Crippen molar-refractivity contribution in [3.8, 4) is 11.5 Å². The maximum Gasteiger partial charge on any atom is 0.247 e. The van der Waals surface area contributed by atoms with Gasteiger partial charge < -0.3 is 40.0 Å². The number of nitrogens with one attached hydrogen (secondary N) is 2. The molecule has 0 aliphatic heterocycles. The lowest BCUT2D eigenvalue weighted by Crippen LogP contribution is -2.56. The van der Waals surface area contributed by atoms with Crippen LogP contribution in [0.5, 0.6) is 11.5 Å². The van der Waals surface area contributed by atoms with E-state index in [0.717, 1.165) is 29.4 Å². The number of rotatable bonds is 12. The molecule has 5 N–H and O–H groups in total. The Morgan fingerprint density at radius 3 is 2.64 bits per heavy atom. The number of aromatic amines is 1. The predicted molar refractivity (Wildman–Crippen MR) is 165 cm³/mol. The quantitative estimate of drug-likeness (QED) is 0.184. The molecule has 42 heavy (non-hydrogen) atoms. The second-order valence-corrected chi connectivity index (χ2v) is 11.9. The van der Waals surface area contributed by atoms with Crippen LogP contribution in [-0.4, -0.2) is 82.1 Å². The van der Waals surface area contributed by atoms with Crippen LogP contribution in [0.2, 0.25) is 0 Å². The summed E-state index contributed by atoms with van der Waals surface area (Å²) in [6, 6.07) is 12.7. The number of aliphatic hydroxyl groups excluding tert-OH is 3. The van der Waals surface area contributed by atoms with Crippen LogP contribution in [0.25, 0.3) is 10.9 Å². The summed E-state index contributed by atoms with van der Waals surface area (Å²) in [5.41, 5.74) is 3.00. The number of ether oxygens (including phenoxy) is 2. The monoisotopic (exact) mass is 689 g/mol. The van der Waals surface area contributed by atoms with Crippen molar-refractivity contribution in [1.82, 2.24) is 15.2 Å². The minimum absolute atomic E-state index is 0.0367. The second kappa shape index (κ2) is 13.4. The normalized spacial score (nSPS) is 20.2. The molecule has 2 aliphatic rings. The smallest absolute Gasteiger partial charge is 0.247 e. The zero-order valence-electron chi connectivity index (χ0n) is 23.4. The number of benzene rings is 2. The van der Waals surface area contributed by atoms with Gasteiger partial charge in [-0.1, -0.05) is 18.2 Å². The van der Waals surface area contributed by atoms with Gasteiger partial charge in [-0.2, -0.15) is 0 Å². The first-order valence-electron chi connectivity index (χ1n) is 14.1. The van der Waals surface area contributed by atoms with Gasteiger partial charge >= 0.3 is 0 Å². The summed E-state index contributed by atoms with van der Waals surface area (Å²) in [6.45, 7) is 0.0431. The van der Waals surface area contributed by atoms with Crippen LogP contribution in [0.1, 0.15) is 30.5 Å². The summed E-state index contributed by atoms with van der Waals surface area (Å²) in [5.74, 6) is 0.227. The van der Waals surface area contributed by atoms with Gasteiger partial charge in [0, 0.05) is 48.6 Å². The first-order valence-corrected chi connectivity index (χ1v) is 15.2. The molecule has 1 saturated carbocycles. The highest BCUT2D eigenvalue weighted by Crippen LogP contribution is 2.38. The summed E-state index contributed by atoms with van der Waals surface area (Å²) < 4.78 is 12.5. The average molecular weight is 690 g/mol. The fraction of sp³-hybridized carbons (Fsp3) is 0.419. The molecule has 1 aromatic heterocycles. The summed E-state index contributed by atoms with van der Waals surface area (Å²) in [4.78, 5) is 31.9. The maximum atomic E-state index is 13.6. The molecule has 0 spiro atoms. The average Bonchev–Trinajstić information content (AvgIpc) is 3.77. The van der Waals surface area contributed by atoms with Gasteiger partial charge in [0.25, 0.3) is 0 Å². The lowest BCUT2D eigenvalue weighted by atomic mass is 9.87. The Bertz CT molecular complexity index is 1430. The molecule has 1 heterocycles. The third kappa shape index (κ3) is 6.74. The van der Waals surface area contributed by atoms with Crippen LogP contribution in [0, 0.1) is 9.49 Å². The van der Waals surface area contributed by atoms with E-state index < -0.39 is 18.2 Å². The third-order valence-electron chi connectivity index (χ3n) is 7.76. The maximum absolute atomic E-state index is 13.6. The van der Waals surface area contributed by atoms with Crippen molar-refractivity contribution in [2.24, 2.45) is 5.92 Å². The number of H-pyrrole nitrogens is 1. The van der Waals surface area contributed by atoms with E-state index in [0.29, 0.717) is 39.2 Å². The zero-order chi connectivity index (χ0) is 29.8. The van der Waals surface area contributed by atoms with Gasteiger partial charge in [0.1, 0.15) is 12.2 Å². The SMILES string of the molecule is COc1cc(CO)cc(I)c1O[C@H]1C=C(C(=O)NCCO)C[C@@H](N(CCc2cc3ccccc3[nH]2)C(=O)C2CC2)[C@@H]1O. The molecule has 10 nitrogen and oxygen atoms in total. The minimum Gasteiger partial charge on any atom is -0.493 e. The molecule has 5 rings (SSSR count). The van der Waals surface area contributed by atoms with Crippen molar-refractivity contribution in [3.05, 3.63) is 68.9 Å². The number of methoxy groups -OCH3 is 1. The molecule has 224 valence electrons. The number of amides is 2. The van der Waals surface area contributed by atoms with Gasteiger partial charge in [-0.15, -0.1) is 0 Å². The number of aliphatic hydroxyl groups is 3. The van der Waals surface area contributed by atoms with E-state index in [1.807, 2.05) is 24.3 Å². The Hall–Kier alpha value is -3.13. The lowest BCUT2D eigenvalue weighted by molar-refractivity contribution is -0.139. The van der Waals surface area contributed by atoms with Gasteiger partial charge in [-0.05, 0) is 76.7 Å². The Morgan fingerprint density at radius 1 is 1.17 bits per heavy atom. The zero-order valence-corrected chi connectivity index (χ0v) is 25.5. The Balaban J connectivity index is 1.46. The van der Waals surface area contributed by atoms with Crippen LogP contribution in [0.4, 0.5) is 0 Å². The fourth-order valence-corrected chi connectivity index (χ4v) is 6.20. The number of nitrogens with zero attached hydrogens (tertiary/aromatic N) is 1. The fourth-order valence-electron chi connectivity index (χ4n) is 5.41. The number of para-hydroxylation sites is 1. The van der Waals surface area contributed by atoms with E-state index in [2.05, 4.69) is 39.0 Å². The van der Waals surface area contributed by atoms with Gasteiger partial charge in [0.2, 0.25) is 11.8 Å². The molecule has 1 fully saturated rings.